The first-order chi connectivity index (χ1) is 16.5. The van der Waals surface area contributed by atoms with Gasteiger partial charge >= 0.3 is 5.97 Å². The predicted molar refractivity (Wildman–Crippen MR) is 123 cm³/mol. The number of nitrogens with one attached hydrogen (secondary N) is 2. The molecule has 5 rings (SSSR count). The van der Waals surface area contributed by atoms with Crippen molar-refractivity contribution in [2.75, 3.05) is 26.5 Å². The fraction of sp³-hybridized carbons (Fsp3) is 0.591. The second kappa shape index (κ2) is 9.66. The number of benzene rings is 1. The SMILES string of the molecule is O=C(CCNC(=O)C12CC3OC(=O)C1N(Cc1ccccc1I)OC2C1OCOC31)NCCO. The number of amides is 2. The number of carbonyl (C=O) groups is 3. The van der Waals surface area contributed by atoms with Gasteiger partial charge in [-0.2, -0.15) is 5.06 Å². The molecular formula is C22H26IN3O8. The number of esters is 1. The molecular weight excluding hydrogens is 561 g/mol. The molecule has 6 atom stereocenters. The maximum Gasteiger partial charge on any atom is 0.327 e. The monoisotopic (exact) mass is 587 g/mol. The van der Waals surface area contributed by atoms with Crippen molar-refractivity contribution in [3.8, 4) is 0 Å². The zero-order valence-corrected chi connectivity index (χ0v) is 20.4. The molecule has 0 aromatic heterocycles. The van der Waals surface area contributed by atoms with Gasteiger partial charge in [0.2, 0.25) is 11.8 Å². The maximum atomic E-state index is 13.7. The third-order valence-electron chi connectivity index (χ3n) is 6.85. The fourth-order valence-electron chi connectivity index (χ4n) is 5.37. The highest BCUT2D eigenvalue weighted by Crippen LogP contribution is 2.55. The van der Waals surface area contributed by atoms with E-state index in [0.29, 0.717) is 0 Å². The molecule has 1 saturated carbocycles. The number of hydroxylamine groups is 2. The lowest BCUT2D eigenvalue weighted by Crippen LogP contribution is -2.69. The second-order valence-electron chi connectivity index (χ2n) is 8.77. The zero-order valence-electron chi connectivity index (χ0n) is 18.3. The molecule has 0 spiro atoms. The molecule has 1 aromatic rings. The van der Waals surface area contributed by atoms with Crippen LogP contribution in [0.4, 0.5) is 0 Å². The van der Waals surface area contributed by atoms with Crippen LogP contribution >= 0.6 is 22.6 Å². The summed E-state index contributed by atoms with van der Waals surface area (Å²) in [7, 11) is 0. The van der Waals surface area contributed by atoms with E-state index in [0.717, 1.165) is 9.13 Å². The van der Waals surface area contributed by atoms with Crippen LogP contribution in [0.2, 0.25) is 0 Å². The van der Waals surface area contributed by atoms with E-state index in [2.05, 4.69) is 33.2 Å². The van der Waals surface area contributed by atoms with Gasteiger partial charge in [0.1, 0.15) is 36.6 Å². The van der Waals surface area contributed by atoms with E-state index in [4.69, 9.17) is 24.2 Å². The predicted octanol–water partition coefficient (Wildman–Crippen LogP) is -0.553. The Kier molecular flexibility index (Phi) is 6.79. The van der Waals surface area contributed by atoms with Crippen molar-refractivity contribution in [3.05, 3.63) is 33.4 Å². The number of ether oxygens (including phenoxy) is 3. The number of aliphatic hydroxyl groups excluding tert-OH is 1. The summed E-state index contributed by atoms with van der Waals surface area (Å²) in [6.45, 7) is 0.394. The highest BCUT2D eigenvalue weighted by molar-refractivity contribution is 14.1. The number of fused-ring (bicyclic) bond motifs is 4. The number of hydrogen-bond acceptors (Lipinski definition) is 9. The lowest BCUT2D eigenvalue weighted by Gasteiger charge is -2.48. The minimum atomic E-state index is -1.24. The van der Waals surface area contributed by atoms with Crippen LogP contribution in [0.25, 0.3) is 0 Å². The van der Waals surface area contributed by atoms with Crippen LogP contribution in [0.3, 0.4) is 0 Å². The summed E-state index contributed by atoms with van der Waals surface area (Å²) in [5.41, 5.74) is -0.288. The number of nitrogens with zero attached hydrogens (tertiary/aromatic N) is 1. The Bertz CT molecular complexity index is 979. The molecule has 3 N–H and O–H groups in total. The molecule has 1 aromatic carbocycles. The first-order valence-corrected chi connectivity index (χ1v) is 12.3. The number of rotatable bonds is 8. The Morgan fingerprint density at radius 2 is 1.97 bits per heavy atom. The van der Waals surface area contributed by atoms with E-state index in [1.54, 1.807) is 0 Å². The summed E-state index contributed by atoms with van der Waals surface area (Å²) in [5.74, 6) is -1.20. The van der Waals surface area contributed by atoms with Gasteiger partial charge in [-0.3, -0.25) is 19.2 Å². The quantitative estimate of drug-likeness (QED) is 0.271. The third kappa shape index (κ3) is 3.99. The third-order valence-corrected chi connectivity index (χ3v) is 7.90. The molecule has 2 amide bonds. The lowest BCUT2D eigenvalue weighted by molar-refractivity contribution is -0.201. The summed E-state index contributed by atoms with van der Waals surface area (Å²) in [5, 5.41) is 15.8. The van der Waals surface area contributed by atoms with Gasteiger partial charge in [-0.15, -0.1) is 0 Å². The van der Waals surface area contributed by atoms with Gasteiger partial charge in [-0.05, 0) is 34.2 Å². The number of hydrogen-bond donors (Lipinski definition) is 3. The Hall–Kier alpha value is -1.84. The summed E-state index contributed by atoms with van der Waals surface area (Å²) in [6, 6.07) is 6.78. The molecule has 12 heteroatoms. The molecule has 3 heterocycles. The molecule has 4 aliphatic rings. The van der Waals surface area contributed by atoms with Crippen molar-refractivity contribution in [3.63, 3.8) is 0 Å². The van der Waals surface area contributed by atoms with Crippen LogP contribution in [0, 0.1) is 8.99 Å². The molecule has 3 aliphatic heterocycles. The highest BCUT2D eigenvalue weighted by atomic mass is 127. The van der Waals surface area contributed by atoms with E-state index >= 15 is 0 Å². The van der Waals surface area contributed by atoms with Crippen LogP contribution < -0.4 is 10.6 Å². The van der Waals surface area contributed by atoms with Gasteiger partial charge in [0, 0.05) is 29.5 Å². The normalized spacial score (nSPS) is 33.8. The Labute approximate surface area is 209 Å². The van der Waals surface area contributed by atoms with E-state index in [1.165, 1.54) is 5.06 Å². The zero-order chi connectivity index (χ0) is 23.9. The van der Waals surface area contributed by atoms with Gasteiger partial charge < -0.3 is 30.0 Å². The molecule has 1 aliphatic carbocycles. The van der Waals surface area contributed by atoms with E-state index in [9.17, 15) is 14.4 Å². The minimum Gasteiger partial charge on any atom is -0.458 e. The highest BCUT2D eigenvalue weighted by Gasteiger charge is 2.74. The largest absolute Gasteiger partial charge is 0.458 e. The number of carbonyl (C=O) groups excluding carboxylic acids is 3. The Morgan fingerprint density at radius 1 is 1.18 bits per heavy atom. The Morgan fingerprint density at radius 3 is 2.76 bits per heavy atom. The van der Waals surface area contributed by atoms with E-state index < -0.39 is 41.8 Å². The van der Waals surface area contributed by atoms with Crippen LogP contribution in [0.5, 0.6) is 0 Å². The average molecular weight is 587 g/mol. The van der Waals surface area contributed by atoms with Gasteiger partial charge in [-0.1, -0.05) is 18.2 Å². The van der Waals surface area contributed by atoms with E-state index in [1.807, 2.05) is 24.3 Å². The van der Waals surface area contributed by atoms with Crippen molar-refractivity contribution in [2.24, 2.45) is 5.41 Å². The molecule has 6 unspecified atom stereocenters. The van der Waals surface area contributed by atoms with Gasteiger partial charge in [-0.25, -0.2) is 0 Å². The Balaban J connectivity index is 1.41. The second-order valence-corrected chi connectivity index (χ2v) is 9.94. The standard InChI is InChI=1S/C22H26IN3O8/c23-13-4-2-1-3-12(13)10-26-18-20(29)33-14-9-22(18,19(34-26)17-16(14)31-11-32-17)21(30)25-6-5-15(28)24-7-8-27/h1-4,14,16-19,27H,5-11H2,(H,24,28)(H,25,30). The summed E-state index contributed by atoms with van der Waals surface area (Å²) >= 11 is 2.22. The summed E-state index contributed by atoms with van der Waals surface area (Å²) in [6.07, 6.45) is -2.14. The van der Waals surface area contributed by atoms with Crippen molar-refractivity contribution in [1.29, 1.82) is 0 Å². The van der Waals surface area contributed by atoms with Crippen molar-refractivity contribution < 1.29 is 38.5 Å². The van der Waals surface area contributed by atoms with Gasteiger partial charge in [0.25, 0.3) is 0 Å². The molecule has 11 nitrogen and oxygen atoms in total. The van der Waals surface area contributed by atoms with Crippen molar-refractivity contribution in [2.45, 2.75) is 49.8 Å². The molecule has 0 radical (unpaired) electrons. The summed E-state index contributed by atoms with van der Waals surface area (Å²) in [4.78, 5) is 45.1. The van der Waals surface area contributed by atoms with Crippen LogP contribution in [-0.4, -0.2) is 84.9 Å². The van der Waals surface area contributed by atoms with Crippen molar-refractivity contribution in [1.82, 2.24) is 15.7 Å². The lowest BCUT2D eigenvalue weighted by atomic mass is 9.62. The first kappa shape index (κ1) is 23.9. The molecule has 4 fully saturated rings. The first-order valence-electron chi connectivity index (χ1n) is 11.2. The molecule has 2 bridgehead atoms. The average Bonchev–Trinajstić information content (AvgIpc) is 3.43. The topological polar surface area (TPSA) is 136 Å². The van der Waals surface area contributed by atoms with Crippen LogP contribution in [0.1, 0.15) is 18.4 Å². The van der Waals surface area contributed by atoms with Gasteiger partial charge in [0.05, 0.1) is 13.2 Å². The summed E-state index contributed by atoms with van der Waals surface area (Å²) < 4.78 is 18.2. The van der Waals surface area contributed by atoms with E-state index in [-0.39, 0.29) is 57.7 Å². The fourth-order valence-corrected chi connectivity index (χ4v) is 5.92. The van der Waals surface area contributed by atoms with Crippen molar-refractivity contribution >= 4 is 40.4 Å². The number of halogens is 1. The number of aliphatic hydroxyl groups is 1. The smallest absolute Gasteiger partial charge is 0.327 e. The molecule has 184 valence electrons. The minimum absolute atomic E-state index is 0.0349. The van der Waals surface area contributed by atoms with Gasteiger partial charge in [0.15, 0.2) is 6.04 Å². The van der Waals surface area contributed by atoms with Crippen LogP contribution in [-0.2, 0) is 40.0 Å². The molecule has 34 heavy (non-hydrogen) atoms. The molecule has 3 saturated heterocycles. The maximum absolute atomic E-state index is 13.7. The van der Waals surface area contributed by atoms with Crippen LogP contribution in [0.15, 0.2) is 24.3 Å².